The molecule has 3 nitrogen and oxygen atoms in total. The Morgan fingerprint density at radius 3 is 2.50 bits per heavy atom. The van der Waals surface area contributed by atoms with E-state index >= 15 is 0 Å². The van der Waals surface area contributed by atoms with Crippen LogP contribution in [0.25, 0.3) is 0 Å². The fourth-order valence-corrected chi connectivity index (χ4v) is 3.36. The number of rotatable bonds is 2. The summed E-state index contributed by atoms with van der Waals surface area (Å²) < 4.78 is 17.5. The lowest BCUT2D eigenvalue weighted by atomic mass is 10.1. The molecule has 5 heteroatoms. The van der Waals surface area contributed by atoms with Crippen molar-refractivity contribution in [3.8, 4) is 11.5 Å². The highest BCUT2D eigenvalue weighted by Crippen LogP contribution is 2.42. The van der Waals surface area contributed by atoms with Crippen molar-refractivity contribution in [2.75, 3.05) is 13.2 Å². The molecule has 0 radical (unpaired) electrons. The highest BCUT2D eigenvalue weighted by atomic mass is 79.9. The van der Waals surface area contributed by atoms with E-state index in [-0.39, 0.29) is 4.83 Å². The van der Waals surface area contributed by atoms with Gasteiger partial charge in [-0.2, -0.15) is 0 Å². The Hall–Kier alpha value is -0.940. The van der Waals surface area contributed by atoms with Crippen molar-refractivity contribution in [3.63, 3.8) is 0 Å². The number of furan rings is 1. The van der Waals surface area contributed by atoms with Gasteiger partial charge in [0.25, 0.3) is 0 Å². The zero-order valence-electron chi connectivity index (χ0n) is 9.36. The molecular weight excluding hydrogens is 364 g/mol. The van der Waals surface area contributed by atoms with Crippen LogP contribution in [0.4, 0.5) is 0 Å². The van der Waals surface area contributed by atoms with E-state index in [1.807, 2.05) is 24.3 Å². The molecule has 0 aliphatic carbocycles. The Labute approximate surface area is 121 Å². The van der Waals surface area contributed by atoms with Crippen molar-refractivity contribution >= 4 is 31.9 Å². The van der Waals surface area contributed by atoms with Crippen LogP contribution >= 0.6 is 31.9 Å². The molecule has 1 aromatic carbocycles. The first kappa shape index (κ1) is 12.1. The third-order valence-electron chi connectivity index (χ3n) is 2.73. The average molecular weight is 374 g/mol. The van der Waals surface area contributed by atoms with Gasteiger partial charge in [0.1, 0.15) is 19.0 Å². The zero-order chi connectivity index (χ0) is 12.5. The maximum absolute atomic E-state index is 5.59. The van der Waals surface area contributed by atoms with Crippen molar-refractivity contribution in [1.82, 2.24) is 0 Å². The van der Waals surface area contributed by atoms with Crippen LogP contribution in [-0.2, 0) is 0 Å². The molecule has 0 N–H and O–H groups in total. The Morgan fingerprint density at radius 1 is 1.11 bits per heavy atom. The first-order valence-electron chi connectivity index (χ1n) is 5.52. The molecule has 18 heavy (non-hydrogen) atoms. The van der Waals surface area contributed by atoms with Crippen LogP contribution in [0.2, 0.25) is 0 Å². The van der Waals surface area contributed by atoms with E-state index in [1.165, 1.54) is 0 Å². The molecule has 0 fully saturated rings. The topological polar surface area (TPSA) is 31.6 Å². The summed E-state index contributed by atoms with van der Waals surface area (Å²) in [5.74, 6) is 2.40. The number of ether oxygens (including phenoxy) is 2. The lowest BCUT2D eigenvalue weighted by Gasteiger charge is -2.21. The molecule has 3 rings (SSSR count). The fourth-order valence-electron chi connectivity index (χ4n) is 1.86. The maximum atomic E-state index is 5.59. The van der Waals surface area contributed by atoms with Gasteiger partial charge in [-0.1, -0.05) is 31.9 Å². The van der Waals surface area contributed by atoms with Gasteiger partial charge in [0.05, 0.1) is 11.1 Å². The third-order valence-corrected chi connectivity index (χ3v) is 4.36. The second-order valence-electron chi connectivity index (χ2n) is 3.90. The average Bonchev–Trinajstić information content (AvgIpc) is 2.91. The number of halogens is 2. The van der Waals surface area contributed by atoms with Gasteiger partial charge < -0.3 is 13.9 Å². The molecule has 0 amide bonds. The normalized spacial score (nSPS) is 15.4. The molecule has 94 valence electrons. The lowest BCUT2D eigenvalue weighted by Crippen LogP contribution is -2.15. The van der Waals surface area contributed by atoms with E-state index in [4.69, 9.17) is 13.9 Å². The van der Waals surface area contributed by atoms with Crippen molar-refractivity contribution in [2.45, 2.75) is 4.83 Å². The molecule has 1 atom stereocenters. The minimum absolute atomic E-state index is 0.0160. The predicted octanol–water partition coefficient (Wildman–Crippen LogP) is 4.30. The molecule has 0 saturated heterocycles. The van der Waals surface area contributed by atoms with E-state index in [0.717, 1.165) is 27.3 Å². The number of hydrogen-bond acceptors (Lipinski definition) is 3. The Balaban J connectivity index is 2.01. The molecule has 0 spiro atoms. The van der Waals surface area contributed by atoms with Crippen LogP contribution in [0.15, 0.2) is 39.4 Å². The van der Waals surface area contributed by atoms with Crippen molar-refractivity contribution in [3.05, 3.63) is 46.3 Å². The summed E-state index contributed by atoms with van der Waals surface area (Å²) in [6, 6.07) is 7.71. The first-order valence-corrected chi connectivity index (χ1v) is 7.23. The van der Waals surface area contributed by atoms with Crippen molar-refractivity contribution in [1.29, 1.82) is 0 Å². The van der Waals surface area contributed by atoms with E-state index in [1.54, 1.807) is 6.26 Å². The summed E-state index contributed by atoms with van der Waals surface area (Å²) in [5, 5.41) is 0. The van der Waals surface area contributed by atoms with Gasteiger partial charge in [-0.15, -0.1) is 0 Å². The van der Waals surface area contributed by atoms with Crippen LogP contribution in [0.3, 0.4) is 0 Å². The van der Waals surface area contributed by atoms with Gasteiger partial charge in [-0.05, 0) is 29.8 Å². The van der Waals surface area contributed by atoms with Gasteiger partial charge in [0, 0.05) is 4.47 Å². The largest absolute Gasteiger partial charge is 0.486 e. The van der Waals surface area contributed by atoms with Crippen LogP contribution in [0.5, 0.6) is 11.5 Å². The highest BCUT2D eigenvalue weighted by molar-refractivity contribution is 9.11. The van der Waals surface area contributed by atoms with Crippen molar-refractivity contribution in [2.24, 2.45) is 0 Å². The third kappa shape index (κ3) is 2.17. The summed E-state index contributed by atoms with van der Waals surface area (Å²) in [4.78, 5) is -0.0160. The Bertz CT molecular complexity index is 552. The molecule has 1 aliphatic heterocycles. The monoisotopic (exact) mass is 372 g/mol. The summed E-state index contributed by atoms with van der Waals surface area (Å²) >= 11 is 7.19. The van der Waals surface area contributed by atoms with Gasteiger partial charge in [0.2, 0.25) is 0 Å². The van der Waals surface area contributed by atoms with E-state index in [9.17, 15) is 0 Å². The van der Waals surface area contributed by atoms with Crippen LogP contribution in [-0.4, -0.2) is 13.2 Å². The fraction of sp³-hybridized carbons (Fsp3) is 0.231. The second kappa shape index (κ2) is 4.97. The number of benzene rings is 1. The smallest absolute Gasteiger partial charge is 0.162 e. The molecule has 1 unspecified atom stereocenters. The van der Waals surface area contributed by atoms with Crippen LogP contribution in [0.1, 0.15) is 16.2 Å². The minimum atomic E-state index is -0.0160. The second-order valence-corrected chi connectivity index (χ2v) is 5.67. The van der Waals surface area contributed by atoms with Gasteiger partial charge in [-0.25, -0.2) is 0 Å². The number of fused-ring (bicyclic) bond motifs is 1. The molecule has 1 aromatic heterocycles. The highest BCUT2D eigenvalue weighted by Gasteiger charge is 2.21. The summed E-state index contributed by atoms with van der Waals surface area (Å²) in [5.41, 5.74) is 1.05. The molecule has 2 heterocycles. The van der Waals surface area contributed by atoms with Gasteiger partial charge in [-0.3, -0.25) is 0 Å². The maximum Gasteiger partial charge on any atom is 0.162 e. The molecule has 0 bridgehead atoms. The summed E-state index contributed by atoms with van der Waals surface area (Å²) in [7, 11) is 0. The van der Waals surface area contributed by atoms with Gasteiger partial charge >= 0.3 is 0 Å². The Kier molecular flexibility index (Phi) is 3.35. The van der Waals surface area contributed by atoms with Crippen LogP contribution in [0, 0.1) is 0 Å². The van der Waals surface area contributed by atoms with E-state index < -0.39 is 0 Å². The SMILES string of the molecule is Brc1cc2c(cc1C(Br)c1ccco1)OCCO2. The molecule has 0 saturated carbocycles. The zero-order valence-corrected chi connectivity index (χ0v) is 12.5. The standard InChI is InChI=1S/C13H10Br2O3/c14-9-7-12-11(17-4-5-18-12)6-8(9)13(15)10-2-1-3-16-10/h1-3,6-7,13H,4-5H2. The quantitative estimate of drug-likeness (QED) is 0.735. The number of alkyl halides is 1. The van der Waals surface area contributed by atoms with Gasteiger partial charge in [0.15, 0.2) is 11.5 Å². The number of hydrogen-bond donors (Lipinski definition) is 0. The van der Waals surface area contributed by atoms with Crippen molar-refractivity contribution < 1.29 is 13.9 Å². The first-order chi connectivity index (χ1) is 8.75. The molecular formula is C13H10Br2O3. The Morgan fingerprint density at radius 2 is 1.83 bits per heavy atom. The van der Waals surface area contributed by atoms with E-state index in [0.29, 0.717) is 13.2 Å². The van der Waals surface area contributed by atoms with E-state index in [2.05, 4.69) is 31.9 Å². The molecule has 2 aromatic rings. The minimum Gasteiger partial charge on any atom is -0.486 e. The predicted molar refractivity (Wildman–Crippen MR) is 74.6 cm³/mol. The summed E-state index contributed by atoms with van der Waals surface area (Å²) in [6.07, 6.45) is 1.66. The summed E-state index contributed by atoms with van der Waals surface area (Å²) in [6.45, 7) is 1.18. The van der Waals surface area contributed by atoms with Crippen LogP contribution < -0.4 is 9.47 Å². The lowest BCUT2D eigenvalue weighted by molar-refractivity contribution is 0.171. The molecule has 1 aliphatic rings.